The van der Waals surface area contributed by atoms with Crippen molar-refractivity contribution < 1.29 is 0 Å². The van der Waals surface area contributed by atoms with E-state index in [0.29, 0.717) is 6.04 Å². The van der Waals surface area contributed by atoms with Crippen LogP contribution in [0.25, 0.3) is 0 Å². The molecule has 0 saturated carbocycles. The fraction of sp³-hybridized carbons (Fsp3) is 1.00. The van der Waals surface area contributed by atoms with Crippen LogP contribution in [0.2, 0.25) is 0 Å². The lowest BCUT2D eigenvalue weighted by Gasteiger charge is -2.36. The first-order chi connectivity index (χ1) is 8.79. The molecule has 3 heteroatoms. The molecule has 2 nitrogen and oxygen atoms in total. The number of rotatable bonds is 6. The van der Waals surface area contributed by atoms with Gasteiger partial charge in [-0.05, 0) is 63.8 Å². The first-order valence-corrected chi connectivity index (χ1v) is 8.91. The third-order valence-corrected chi connectivity index (χ3v) is 5.88. The van der Waals surface area contributed by atoms with Gasteiger partial charge in [0.25, 0.3) is 0 Å². The molecule has 0 bridgehead atoms. The molecule has 0 aromatic rings. The Hall–Kier alpha value is 0.270. The van der Waals surface area contributed by atoms with E-state index in [1.54, 1.807) is 0 Å². The Bertz CT molecular complexity index is 227. The molecule has 0 spiro atoms. The topological polar surface area (TPSA) is 15.3 Å². The zero-order chi connectivity index (χ0) is 12.8. The second kappa shape index (κ2) is 7.76. The number of nitrogens with one attached hydrogen (secondary N) is 1. The number of piperidine rings is 1. The van der Waals surface area contributed by atoms with E-state index in [9.17, 15) is 0 Å². The maximum atomic E-state index is 3.81. The monoisotopic (exact) mass is 270 g/mol. The zero-order valence-corrected chi connectivity index (χ0v) is 13.0. The van der Waals surface area contributed by atoms with Crippen LogP contribution in [0.15, 0.2) is 0 Å². The molecule has 2 heterocycles. The molecule has 0 aromatic heterocycles. The van der Waals surface area contributed by atoms with Gasteiger partial charge >= 0.3 is 0 Å². The summed E-state index contributed by atoms with van der Waals surface area (Å²) in [5.74, 6) is 2.26. The standard InChI is InChI=1S/C15H30N2S/c1-3-8-17-9-4-6-14(12-17)13(2)16-11-15-7-5-10-18-15/h13-16H,3-12H2,1-2H3. The second-order valence-corrected chi connectivity index (χ2v) is 7.44. The summed E-state index contributed by atoms with van der Waals surface area (Å²) in [6, 6.07) is 0.700. The lowest BCUT2D eigenvalue weighted by atomic mass is 9.91. The Balaban J connectivity index is 1.68. The van der Waals surface area contributed by atoms with E-state index in [1.807, 2.05) is 0 Å². The molecule has 3 unspecified atom stereocenters. The predicted octanol–water partition coefficient (Wildman–Crippen LogP) is 2.98. The van der Waals surface area contributed by atoms with E-state index < -0.39 is 0 Å². The highest BCUT2D eigenvalue weighted by Gasteiger charge is 2.25. The minimum Gasteiger partial charge on any atom is -0.313 e. The summed E-state index contributed by atoms with van der Waals surface area (Å²) in [4.78, 5) is 2.66. The third kappa shape index (κ3) is 4.43. The summed E-state index contributed by atoms with van der Waals surface area (Å²) in [5, 5.41) is 4.70. The first-order valence-electron chi connectivity index (χ1n) is 7.87. The lowest BCUT2D eigenvalue weighted by Crippen LogP contribution is -2.45. The van der Waals surface area contributed by atoms with Gasteiger partial charge in [-0.1, -0.05) is 6.92 Å². The molecule has 0 amide bonds. The van der Waals surface area contributed by atoms with Gasteiger partial charge in [-0.2, -0.15) is 11.8 Å². The summed E-state index contributed by atoms with van der Waals surface area (Å²) in [6.45, 7) is 9.87. The molecule has 2 aliphatic heterocycles. The van der Waals surface area contributed by atoms with Crippen molar-refractivity contribution in [1.82, 2.24) is 10.2 Å². The summed E-state index contributed by atoms with van der Waals surface area (Å²) >= 11 is 2.17. The largest absolute Gasteiger partial charge is 0.313 e. The average Bonchev–Trinajstić information content (AvgIpc) is 2.90. The normalized spacial score (nSPS) is 31.7. The molecule has 2 rings (SSSR count). The van der Waals surface area contributed by atoms with Crippen molar-refractivity contribution in [3.8, 4) is 0 Å². The quantitative estimate of drug-likeness (QED) is 0.799. The molecular formula is C15H30N2S. The molecule has 0 aromatic carbocycles. The SMILES string of the molecule is CCCN1CCCC(C(C)NCC2CCCS2)C1. The Morgan fingerprint density at radius 2 is 2.22 bits per heavy atom. The van der Waals surface area contributed by atoms with Gasteiger partial charge in [0.1, 0.15) is 0 Å². The number of nitrogens with zero attached hydrogens (tertiary/aromatic N) is 1. The van der Waals surface area contributed by atoms with Crippen LogP contribution in [0.3, 0.4) is 0 Å². The van der Waals surface area contributed by atoms with Gasteiger partial charge in [-0.3, -0.25) is 0 Å². The molecule has 1 N–H and O–H groups in total. The number of thioether (sulfide) groups is 1. The second-order valence-electron chi connectivity index (χ2n) is 6.03. The molecule has 2 saturated heterocycles. The maximum Gasteiger partial charge on any atom is 0.0172 e. The number of likely N-dealkylation sites (tertiary alicyclic amines) is 1. The van der Waals surface area contributed by atoms with Crippen LogP contribution in [0.4, 0.5) is 0 Å². The van der Waals surface area contributed by atoms with Gasteiger partial charge in [-0.15, -0.1) is 0 Å². The highest BCUT2D eigenvalue weighted by atomic mass is 32.2. The van der Waals surface area contributed by atoms with Crippen LogP contribution >= 0.6 is 11.8 Å². The van der Waals surface area contributed by atoms with Gasteiger partial charge in [0, 0.05) is 24.4 Å². The summed E-state index contributed by atoms with van der Waals surface area (Å²) in [5.41, 5.74) is 0. The van der Waals surface area contributed by atoms with E-state index in [-0.39, 0.29) is 0 Å². The van der Waals surface area contributed by atoms with Crippen LogP contribution < -0.4 is 5.32 Å². The number of hydrogen-bond donors (Lipinski definition) is 1. The van der Waals surface area contributed by atoms with Crippen LogP contribution in [0, 0.1) is 5.92 Å². The van der Waals surface area contributed by atoms with Crippen molar-refractivity contribution >= 4 is 11.8 Å². The van der Waals surface area contributed by atoms with Crippen molar-refractivity contribution in [2.24, 2.45) is 5.92 Å². The fourth-order valence-electron chi connectivity index (χ4n) is 3.31. The molecule has 0 radical (unpaired) electrons. The molecule has 3 atom stereocenters. The van der Waals surface area contributed by atoms with Crippen molar-refractivity contribution in [3.05, 3.63) is 0 Å². The van der Waals surface area contributed by atoms with Crippen LogP contribution in [-0.4, -0.2) is 48.1 Å². The minimum absolute atomic E-state index is 0.700. The molecular weight excluding hydrogens is 240 g/mol. The van der Waals surface area contributed by atoms with Gasteiger partial charge in [-0.25, -0.2) is 0 Å². The van der Waals surface area contributed by atoms with E-state index in [2.05, 4.69) is 35.8 Å². The van der Waals surface area contributed by atoms with Gasteiger partial charge in [0.2, 0.25) is 0 Å². The summed E-state index contributed by atoms with van der Waals surface area (Å²) < 4.78 is 0. The molecule has 106 valence electrons. The van der Waals surface area contributed by atoms with Gasteiger partial charge < -0.3 is 10.2 Å². The summed E-state index contributed by atoms with van der Waals surface area (Å²) in [7, 11) is 0. The highest BCUT2D eigenvalue weighted by molar-refractivity contribution is 8.00. The maximum absolute atomic E-state index is 3.81. The van der Waals surface area contributed by atoms with Crippen molar-refractivity contribution in [2.75, 3.05) is 31.9 Å². The zero-order valence-electron chi connectivity index (χ0n) is 12.2. The number of hydrogen-bond acceptors (Lipinski definition) is 3. The molecule has 18 heavy (non-hydrogen) atoms. The fourth-order valence-corrected chi connectivity index (χ4v) is 4.52. The van der Waals surface area contributed by atoms with Crippen molar-refractivity contribution in [1.29, 1.82) is 0 Å². The predicted molar refractivity (Wildman–Crippen MR) is 82.4 cm³/mol. The molecule has 2 fully saturated rings. The van der Waals surface area contributed by atoms with Crippen LogP contribution in [-0.2, 0) is 0 Å². The summed E-state index contributed by atoms with van der Waals surface area (Å²) in [6.07, 6.45) is 6.98. The molecule has 0 aliphatic carbocycles. The van der Waals surface area contributed by atoms with Gasteiger partial charge in [0.05, 0.1) is 0 Å². The Morgan fingerprint density at radius 3 is 2.94 bits per heavy atom. The van der Waals surface area contributed by atoms with Crippen LogP contribution in [0.1, 0.15) is 46.0 Å². The smallest absolute Gasteiger partial charge is 0.0172 e. The van der Waals surface area contributed by atoms with Crippen LogP contribution in [0.5, 0.6) is 0 Å². The Kier molecular flexibility index (Phi) is 6.33. The average molecular weight is 270 g/mol. The van der Waals surface area contributed by atoms with E-state index in [4.69, 9.17) is 0 Å². The lowest BCUT2D eigenvalue weighted by molar-refractivity contribution is 0.151. The first kappa shape index (κ1) is 14.7. The minimum atomic E-state index is 0.700. The Labute approximate surface area is 117 Å². The molecule has 2 aliphatic rings. The van der Waals surface area contributed by atoms with Crippen molar-refractivity contribution in [2.45, 2.75) is 57.2 Å². The van der Waals surface area contributed by atoms with E-state index >= 15 is 0 Å². The van der Waals surface area contributed by atoms with Gasteiger partial charge in [0.15, 0.2) is 0 Å². The van der Waals surface area contributed by atoms with E-state index in [1.165, 1.54) is 64.0 Å². The third-order valence-electron chi connectivity index (χ3n) is 4.48. The highest BCUT2D eigenvalue weighted by Crippen LogP contribution is 2.26. The Morgan fingerprint density at radius 1 is 1.33 bits per heavy atom. The van der Waals surface area contributed by atoms with Crippen molar-refractivity contribution in [3.63, 3.8) is 0 Å². The van der Waals surface area contributed by atoms with E-state index in [0.717, 1.165) is 11.2 Å².